The molecule has 30 heavy (non-hydrogen) atoms. The van der Waals surface area contributed by atoms with Crippen LogP contribution < -0.4 is 0 Å². The Morgan fingerprint density at radius 2 is 1.07 bits per heavy atom. The van der Waals surface area contributed by atoms with Crippen LogP contribution in [0.4, 0.5) is 0 Å². The second-order valence-corrected chi connectivity index (χ2v) is 9.61. The van der Waals surface area contributed by atoms with E-state index in [1.807, 2.05) is 0 Å². The van der Waals surface area contributed by atoms with E-state index in [9.17, 15) is 9.59 Å². The van der Waals surface area contributed by atoms with Crippen LogP contribution in [0.2, 0.25) is 0 Å². The molecule has 4 nitrogen and oxygen atoms in total. The molecule has 0 aliphatic heterocycles. The average molecular weight is 429 g/mol. The lowest BCUT2D eigenvalue weighted by Crippen LogP contribution is -2.35. The van der Waals surface area contributed by atoms with Crippen molar-refractivity contribution in [2.75, 3.05) is 13.1 Å². The van der Waals surface area contributed by atoms with E-state index in [-0.39, 0.29) is 12.8 Å². The predicted octanol–water partition coefficient (Wildman–Crippen LogP) is 7.09. The zero-order chi connectivity index (χ0) is 25.8. The van der Waals surface area contributed by atoms with Gasteiger partial charge in [-0.2, -0.15) is 0 Å². The Balaban J connectivity index is 2.56. The minimum Gasteiger partial charge on any atom is -0.465 e. The summed E-state index contributed by atoms with van der Waals surface area (Å²) in [7, 11) is 0. The van der Waals surface area contributed by atoms with Crippen molar-refractivity contribution >= 4 is 11.9 Å². The van der Waals surface area contributed by atoms with E-state index in [0.717, 1.165) is 51.4 Å². The SMILES string of the molecule is [2H]C([2H])(CCCCCC(C)C)OC(=O)C1CCCCC1C(=O)OC([2H])([2H])CCCCCC(C)C. The van der Waals surface area contributed by atoms with Crippen LogP contribution >= 0.6 is 0 Å². The van der Waals surface area contributed by atoms with Crippen molar-refractivity contribution in [3.63, 3.8) is 0 Å². The van der Waals surface area contributed by atoms with Gasteiger partial charge in [0, 0.05) is 0 Å². The first-order chi connectivity index (χ1) is 15.8. The zero-order valence-electron chi connectivity index (χ0n) is 23.8. The molecule has 0 amide bonds. The molecule has 1 fully saturated rings. The van der Waals surface area contributed by atoms with Crippen molar-refractivity contribution in [3.05, 3.63) is 0 Å². The van der Waals surface area contributed by atoms with Gasteiger partial charge in [-0.15, -0.1) is 0 Å². The van der Waals surface area contributed by atoms with Gasteiger partial charge < -0.3 is 9.47 Å². The van der Waals surface area contributed by atoms with Crippen molar-refractivity contribution in [1.29, 1.82) is 0 Å². The maximum Gasteiger partial charge on any atom is 0.309 e. The average Bonchev–Trinajstić information content (AvgIpc) is 2.72. The molecule has 0 aromatic rings. The van der Waals surface area contributed by atoms with Gasteiger partial charge in [0.2, 0.25) is 0 Å². The molecule has 0 saturated heterocycles. The third kappa shape index (κ3) is 12.6. The van der Waals surface area contributed by atoms with Crippen molar-refractivity contribution in [1.82, 2.24) is 0 Å². The number of hydrogen-bond acceptors (Lipinski definition) is 4. The van der Waals surface area contributed by atoms with E-state index in [1.165, 1.54) is 0 Å². The fourth-order valence-electron chi connectivity index (χ4n) is 3.94. The Morgan fingerprint density at radius 1 is 0.700 bits per heavy atom. The summed E-state index contributed by atoms with van der Waals surface area (Å²) in [5, 5.41) is 0. The van der Waals surface area contributed by atoms with Gasteiger partial charge in [-0.25, -0.2) is 0 Å². The predicted molar refractivity (Wildman–Crippen MR) is 123 cm³/mol. The topological polar surface area (TPSA) is 52.6 Å². The van der Waals surface area contributed by atoms with E-state index in [1.54, 1.807) is 0 Å². The van der Waals surface area contributed by atoms with Crippen LogP contribution in [0.3, 0.4) is 0 Å². The maximum atomic E-state index is 12.8. The monoisotopic (exact) mass is 428 g/mol. The van der Waals surface area contributed by atoms with Gasteiger partial charge in [0.25, 0.3) is 0 Å². The maximum absolute atomic E-state index is 12.8. The van der Waals surface area contributed by atoms with Crippen LogP contribution in [-0.2, 0) is 19.1 Å². The van der Waals surface area contributed by atoms with Crippen LogP contribution in [0.15, 0.2) is 0 Å². The molecule has 176 valence electrons. The Labute approximate surface area is 191 Å². The molecule has 2 atom stereocenters. The number of carbonyl (C=O) groups excluding carboxylic acids is 2. The number of carbonyl (C=O) groups is 2. The summed E-state index contributed by atoms with van der Waals surface area (Å²) < 4.78 is 42.8. The number of hydrogen-bond donors (Lipinski definition) is 0. The third-order valence-corrected chi connectivity index (χ3v) is 5.84. The molecule has 0 N–H and O–H groups in total. The Hall–Kier alpha value is -1.06. The van der Waals surface area contributed by atoms with Crippen molar-refractivity contribution in [2.45, 2.75) is 118 Å². The highest BCUT2D eigenvalue weighted by atomic mass is 16.5. The van der Waals surface area contributed by atoms with E-state index in [2.05, 4.69) is 27.7 Å². The summed E-state index contributed by atoms with van der Waals surface area (Å²) in [6.45, 7) is 4.51. The van der Waals surface area contributed by atoms with Gasteiger partial charge in [0.05, 0.1) is 30.4 Å². The zero-order valence-corrected chi connectivity index (χ0v) is 19.8. The van der Waals surface area contributed by atoms with E-state index < -0.39 is 36.9 Å². The molecule has 1 rings (SSSR count). The van der Waals surface area contributed by atoms with Crippen LogP contribution in [0.1, 0.15) is 123 Å². The quantitative estimate of drug-likeness (QED) is 0.194. The van der Waals surface area contributed by atoms with Crippen molar-refractivity contribution in [3.8, 4) is 0 Å². The summed E-state index contributed by atoms with van der Waals surface area (Å²) in [4.78, 5) is 25.6. The normalized spacial score (nSPS) is 22.2. The van der Waals surface area contributed by atoms with E-state index >= 15 is 0 Å². The fourth-order valence-corrected chi connectivity index (χ4v) is 3.94. The molecule has 1 aliphatic carbocycles. The summed E-state index contributed by atoms with van der Waals surface area (Å²) >= 11 is 0. The van der Waals surface area contributed by atoms with E-state index in [0.29, 0.717) is 37.5 Å². The first kappa shape index (κ1) is 20.8. The van der Waals surface area contributed by atoms with E-state index in [4.69, 9.17) is 15.0 Å². The fraction of sp³-hybridized carbons (Fsp3) is 0.923. The largest absolute Gasteiger partial charge is 0.465 e. The number of rotatable bonds is 16. The third-order valence-electron chi connectivity index (χ3n) is 5.84. The molecule has 0 aromatic heterocycles. The lowest BCUT2D eigenvalue weighted by molar-refractivity contribution is -0.163. The summed E-state index contributed by atoms with van der Waals surface area (Å²) in [6, 6.07) is 0. The Kier molecular flexibility index (Phi) is 11.5. The highest BCUT2D eigenvalue weighted by molar-refractivity contribution is 5.82. The Morgan fingerprint density at radius 3 is 1.43 bits per heavy atom. The molecule has 0 bridgehead atoms. The second-order valence-electron chi connectivity index (χ2n) is 9.61. The van der Waals surface area contributed by atoms with Gasteiger partial charge in [-0.05, 0) is 37.5 Å². The van der Waals surface area contributed by atoms with Crippen molar-refractivity contribution in [2.24, 2.45) is 23.7 Å². The molecule has 0 spiro atoms. The molecular formula is C26H48O4. The van der Waals surface area contributed by atoms with Gasteiger partial charge >= 0.3 is 11.9 Å². The Bertz CT molecular complexity index is 556. The number of unbranched alkanes of at least 4 members (excludes halogenated alkanes) is 4. The minimum atomic E-state index is -2.06. The first-order valence-electron chi connectivity index (χ1n) is 14.3. The highest BCUT2D eigenvalue weighted by Crippen LogP contribution is 2.32. The molecule has 0 radical (unpaired) electrons. The summed E-state index contributed by atoms with van der Waals surface area (Å²) in [5.74, 6) is -1.73. The van der Waals surface area contributed by atoms with Crippen molar-refractivity contribution < 1.29 is 24.5 Å². The van der Waals surface area contributed by atoms with Crippen LogP contribution in [0.5, 0.6) is 0 Å². The molecule has 1 saturated carbocycles. The van der Waals surface area contributed by atoms with Gasteiger partial charge in [0.15, 0.2) is 0 Å². The molecule has 4 heteroatoms. The van der Waals surface area contributed by atoms with Gasteiger partial charge in [-0.3, -0.25) is 9.59 Å². The van der Waals surface area contributed by atoms with Crippen LogP contribution in [0.25, 0.3) is 0 Å². The van der Waals surface area contributed by atoms with Crippen LogP contribution in [-0.4, -0.2) is 25.1 Å². The first-order valence-corrected chi connectivity index (χ1v) is 12.3. The minimum absolute atomic E-state index is 0.137. The molecule has 0 heterocycles. The molecule has 2 unspecified atom stereocenters. The molecule has 1 aliphatic rings. The smallest absolute Gasteiger partial charge is 0.309 e. The summed E-state index contributed by atoms with van der Waals surface area (Å²) in [6.07, 6.45) is 9.95. The lowest BCUT2D eigenvalue weighted by Gasteiger charge is -2.28. The summed E-state index contributed by atoms with van der Waals surface area (Å²) in [5.41, 5.74) is 0. The highest BCUT2D eigenvalue weighted by Gasteiger charge is 2.37. The molecular weight excluding hydrogens is 376 g/mol. The standard InChI is InChI=1S/C26H48O4/c1-21(2)15-9-5-7-13-19-29-25(27)23-17-11-12-18-24(23)26(28)30-20-14-8-6-10-16-22(3)4/h21-24H,5-20H2,1-4H3/i19D2,20D2. The number of ether oxygens (including phenoxy) is 2. The number of esters is 2. The van der Waals surface area contributed by atoms with Crippen LogP contribution in [0, 0.1) is 23.7 Å². The molecule has 0 aromatic carbocycles. The second kappa shape index (κ2) is 16.6. The lowest BCUT2D eigenvalue weighted by atomic mass is 9.79. The van der Waals surface area contributed by atoms with Gasteiger partial charge in [-0.1, -0.05) is 91.9 Å². The van der Waals surface area contributed by atoms with Gasteiger partial charge in [0.1, 0.15) is 0 Å².